The number of aliphatic imine (C=N–C) groups is 1. The zero-order chi connectivity index (χ0) is 23.4. The summed E-state index contributed by atoms with van der Waals surface area (Å²) in [5.41, 5.74) is 1.53. The topological polar surface area (TPSA) is 91.1 Å². The summed E-state index contributed by atoms with van der Waals surface area (Å²) in [4.78, 5) is 44.5. The summed E-state index contributed by atoms with van der Waals surface area (Å²) in [6, 6.07) is 6.85. The van der Waals surface area contributed by atoms with E-state index < -0.39 is 11.9 Å². The Hall–Kier alpha value is -2.94. The van der Waals surface area contributed by atoms with Crippen molar-refractivity contribution in [2.75, 3.05) is 31.8 Å². The number of anilines is 1. The van der Waals surface area contributed by atoms with Crippen molar-refractivity contribution in [2.24, 2.45) is 16.8 Å². The molecule has 3 rings (SSSR count). The number of ether oxygens (including phenoxy) is 1. The maximum atomic E-state index is 13.0. The van der Waals surface area contributed by atoms with E-state index in [0.29, 0.717) is 29.8 Å². The summed E-state index contributed by atoms with van der Waals surface area (Å²) in [7, 11) is 3.08. The van der Waals surface area contributed by atoms with Crippen LogP contribution in [0, 0.1) is 11.8 Å². The van der Waals surface area contributed by atoms with Gasteiger partial charge in [0.15, 0.2) is 5.92 Å². The summed E-state index contributed by atoms with van der Waals surface area (Å²) in [5, 5.41) is 2.89. The number of carbonyl (C=O) groups is 3. The lowest BCUT2D eigenvalue weighted by Crippen LogP contribution is -2.52. The Kier molecular flexibility index (Phi) is 7.50. The van der Waals surface area contributed by atoms with Gasteiger partial charge < -0.3 is 10.1 Å². The lowest BCUT2D eigenvalue weighted by molar-refractivity contribution is -0.407. The predicted octanol–water partition coefficient (Wildman–Crippen LogP) is 3.39. The molecule has 0 aliphatic carbocycles. The van der Waals surface area contributed by atoms with Crippen LogP contribution in [-0.4, -0.2) is 65.8 Å². The van der Waals surface area contributed by atoms with Gasteiger partial charge in [0.05, 0.1) is 32.1 Å². The summed E-state index contributed by atoms with van der Waals surface area (Å²) in [6.45, 7) is 6.55. The molecule has 0 radical (unpaired) electrons. The average Bonchev–Trinajstić information content (AvgIpc) is 2.76. The molecule has 4 amide bonds. The molecule has 0 bridgehead atoms. The van der Waals surface area contributed by atoms with Crippen LogP contribution >= 0.6 is 11.8 Å². The number of carbonyl (C=O) groups excluding carboxylic acids is 3. The zero-order valence-corrected chi connectivity index (χ0v) is 19.9. The predicted molar refractivity (Wildman–Crippen MR) is 127 cm³/mol. The van der Waals surface area contributed by atoms with Gasteiger partial charge in [0.25, 0.3) is 5.84 Å². The number of nitrogens with zero attached hydrogens (tertiary/aromatic N) is 3. The Morgan fingerprint density at radius 2 is 2.03 bits per heavy atom. The number of rotatable bonds is 8. The van der Waals surface area contributed by atoms with Gasteiger partial charge in [-0.1, -0.05) is 26.0 Å². The maximum Gasteiger partial charge on any atom is 0.445 e. The highest BCUT2D eigenvalue weighted by Gasteiger charge is 2.48. The van der Waals surface area contributed by atoms with Gasteiger partial charge in [0.1, 0.15) is 12.0 Å². The molecular weight excluding hydrogens is 428 g/mol. The fraction of sp³-hybridized carbons (Fsp3) is 0.435. The number of thioether (sulfide) groups is 1. The minimum Gasteiger partial charge on any atom is -0.492 e. The average molecular weight is 458 g/mol. The van der Waals surface area contributed by atoms with Crippen molar-refractivity contribution in [2.45, 2.75) is 27.2 Å². The van der Waals surface area contributed by atoms with E-state index in [2.05, 4.69) is 24.2 Å². The lowest BCUT2D eigenvalue weighted by atomic mass is 9.94. The summed E-state index contributed by atoms with van der Waals surface area (Å²) < 4.78 is 6.97. The van der Waals surface area contributed by atoms with Crippen LogP contribution in [0.25, 0.3) is 0 Å². The van der Waals surface area contributed by atoms with E-state index in [9.17, 15) is 14.4 Å². The number of para-hydroxylation sites is 2. The van der Waals surface area contributed by atoms with Gasteiger partial charge in [-0.3, -0.25) is 9.59 Å². The molecular formula is C23H29N4O4S+. The normalized spacial score (nSPS) is 18.4. The van der Waals surface area contributed by atoms with Gasteiger partial charge in [0, 0.05) is 4.91 Å². The van der Waals surface area contributed by atoms with E-state index >= 15 is 0 Å². The van der Waals surface area contributed by atoms with Crippen molar-refractivity contribution < 1.29 is 23.7 Å². The molecule has 1 N–H and O–H groups in total. The first-order valence-electron chi connectivity index (χ1n) is 10.6. The molecule has 0 fully saturated rings. The van der Waals surface area contributed by atoms with E-state index in [4.69, 9.17) is 4.74 Å². The van der Waals surface area contributed by atoms with Gasteiger partial charge >= 0.3 is 11.9 Å². The zero-order valence-electron chi connectivity index (χ0n) is 19.0. The molecule has 0 saturated carbocycles. The maximum absolute atomic E-state index is 13.0. The van der Waals surface area contributed by atoms with Crippen LogP contribution in [0.4, 0.5) is 10.5 Å². The molecule has 2 aliphatic rings. The molecule has 0 spiro atoms. The van der Waals surface area contributed by atoms with Gasteiger partial charge in [-0.05, 0) is 37.0 Å². The molecule has 9 heteroatoms. The number of urea groups is 1. The molecule has 0 aromatic heterocycles. The van der Waals surface area contributed by atoms with Crippen LogP contribution in [0.15, 0.2) is 39.7 Å². The molecule has 1 unspecified atom stereocenters. The number of fused-ring (bicyclic) bond motifs is 1. The van der Waals surface area contributed by atoms with E-state index in [1.54, 1.807) is 25.4 Å². The van der Waals surface area contributed by atoms with Gasteiger partial charge in [0.2, 0.25) is 5.91 Å². The van der Waals surface area contributed by atoms with Gasteiger partial charge in [-0.25, -0.2) is 4.79 Å². The number of imide groups is 1. The standard InChI is InChI=1S/C23H28N4O4S/c1-6-31-17-10-8-7-9-16(17)25-18(28)13-32-20-15(11-14(2)3)12-24-21-19(20)22(29)27(5)23(30)26(21)4/h7-10,12,14,19H,6,11,13H2,1-5H3/p+1. The van der Waals surface area contributed by atoms with Crippen molar-refractivity contribution >= 4 is 47.3 Å². The Labute approximate surface area is 192 Å². The molecule has 32 heavy (non-hydrogen) atoms. The quantitative estimate of drug-likeness (QED) is 0.604. The fourth-order valence-electron chi connectivity index (χ4n) is 3.65. The Morgan fingerprint density at radius 3 is 2.72 bits per heavy atom. The third-order valence-electron chi connectivity index (χ3n) is 5.13. The van der Waals surface area contributed by atoms with Crippen LogP contribution in [0.3, 0.4) is 0 Å². The first-order chi connectivity index (χ1) is 15.2. The highest BCUT2D eigenvalue weighted by atomic mass is 32.2. The monoisotopic (exact) mass is 457 g/mol. The van der Waals surface area contributed by atoms with Crippen LogP contribution in [0.1, 0.15) is 27.2 Å². The van der Waals surface area contributed by atoms with Crippen LogP contribution in [0.2, 0.25) is 0 Å². The molecule has 1 atom stereocenters. The van der Waals surface area contributed by atoms with Crippen molar-refractivity contribution in [3.05, 3.63) is 34.7 Å². The minimum absolute atomic E-state index is 0.115. The number of amidine groups is 1. The van der Waals surface area contributed by atoms with E-state index in [0.717, 1.165) is 21.8 Å². The second-order valence-electron chi connectivity index (χ2n) is 8.04. The van der Waals surface area contributed by atoms with Crippen LogP contribution in [0.5, 0.6) is 5.75 Å². The number of hydrogen-bond acceptors (Lipinski definition) is 6. The summed E-state index contributed by atoms with van der Waals surface area (Å²) in [5.74, 6) is 0.248. The van der Waals surface area contributed by atoms with E-state index in [-0.39, 0.29) is 17.6 Å². The summed E-state index contributed by atoms with van der Waals surface area (Å²) in [6.07, 6.45) is 2.44. The molecule has 2 aliphatic heterocycles. The molecule has 170 valence electrons. The van der Waals surface area contributed by atoms with Crippen molar-refractivity contribution in [3.63, 3.8) is 0 Å². The smallest absolute Gasteiger partial charge is 0.445 e. The second kappa shape index (κ2) is 10.1. The van der Waals surface area contributed by atoms with E-state index in [1.165, 1.54) is 23.4 Å². The Bertz CT molecular complexity index is 1030. The lowest BCUT2D eigenvalue weighted by Gasteiger charge is -2.28. The van der Waals surface area contributed by atoms with Gasteiger partial charge in [-0.15, -0.1) is 16.8 Å². The van der Waals surface area contributed by atoms with Crippen molar-refractivity contribution in [1.82, 2.24) is 4.90 Å². The highest BCUT2D eigenvalue weighted by Crippen LogP contribution is 2.36. The SMILES string of the molecule is CCOc1ccccc1NC(=O)CSC1=C(CC(C)C)C=NC2=[N+](C)C(=O)N(C)C(=O)C12. The van der Waals surface area contributed by atoms with E-state index in [1.807, 2.05) is 19.1 Å². The number of amides is 4. The number of nitrogens with one attached hydrogen (secondary N) is 1. The highest BCUT2D eigenvalue weighted by molar-refractivity contribution is 8.03. The third-order valence-corrected chi connectivity index (χ3v) is 6.35. The minimum atomic E-state index is -0.685. The number of hydrogen-bond donors (Lipinski definition) is 1. The Morgan fingerprint density at radius 1 is 1.31 bits per heavy atom. The molecule has 8 nitrogen and oxygen atoms in total. The second-order valence-corrected chi connectivity index (χ2v) is 9.06. The van der Waals surface area contributed by atoms with Crippen molar-refractivity contribution in [3.8, 4) is 5.75 Å². The first kappa shape index (κ1) is 23.7. The van der Waals surface area contributed by atoms with Crippen molar-refractivity contribution in [1.29, 1.82) is 0 Å². The first-order valence-corrected chi connectivity index (χ1v) is 11.6. The summed E-state index contributed by atoms with van der Waals surface area (Å²) >= 11 is 1.32. The third kappa shape index (κ3) is 4.93. The molecule has 1 aromatic rings. The molecule has 0 saturated heterocycles. The molecule has 2 heterocycles. The van der Waals surface area contributed by atoms with Gasteiger partial charge in [-0.2, -0.15) is 9.48 Å². The van der Waals surface area contributed by atoms with Crippen LogP contribution in [-0.2, 0) is 9.59 Å². The number of benzene rings is 1. The number of allylic oxidation sites excluding steroid dienone is 1. The number of dihydropyridines is 1. The Balaban J connectivity index is 1.85. The largest absolute Gasteiger partial charge is 0.492 e. The van der Waals surface area contributed by atoms with Crippen LogP contribution < -0.4 is 10.1 Å². The molecule has 1 aromatic carbocycles. The fourth-order valence-corrected chi connectivity index (χ4v) is 4.70.